The lowest BCUT2D eigenvalue weighted by molar-refractivity contribution is -0.166. The minimum absolute atomic E-state index is 0.115. The molecule has 1 unspecified atom stereocenters. The average Bonchev–Trinajstić information content (AvgIpc) is 3.19. The van der Waals surface area contributed by atoms with Crippen molar-refractivity contribution in [3.8, 4) is 0 Å². The lowest BCUT2D eigenvalue weighted by atomic mass is 10.1. The maximum atomic E-state index is 12.6. The number of allylic oxidation sites excluding steroid dienone is 19. The predicted octanol–water partition coefficient (Wildman–Crippen LogP) is 13.8. The first-order valence-electron chi connectivity index (χ1n) is 21.5. The SMILES string of the molecule is CC/C=C\C/C=C\C/C=C\C/C=C\C/C=C\C/C=C\CCC(=O)OCC(COC(=O)C/C=C\C/C=C\C/C=C\CC)OC(=O)CCCCCC/C=C\CCCC. The number of carbonyl (C=O) groups excluding carboxylic acids is 3. The summed E-state index contributed by atoms with van der Waals surface area (Å²) in [5.74, 6) is -1.19. The highest BCUT2D eigenvalue weighted by molar-refractivity contribution is 5.72. The fourth-order valence-corrected chi connectivity index (χ4v) is 5.04. The Morgan fingerprint density at radius 3 is 1.30 bits per heavy atom. The van der Waals surface area contributed by atoms with Crippen molar-refractivity contribution in [2.75, 3.05) is 13.2 Å². The third kappa shape index (κ3) is 41.0. The molecule has 6 nitrogen and oxygen atoms in total. The molecule has 0 radical (unpaired) electrons. The highest BCUT2D eigenvalue weighted by Crippen LogP contribution is 2.10. The van der Waals surface area contributed by atoms with Crippen LogP contribution in [0.2, 0.25) is 0 Å². The summed E-state index contributed by atoms with van der Waals surface area (Å²) in [5, 5.41) is 0. The number of rotatable bonds is 36. The largest absolute Gasteiger partial charge is 0.462 e. The van der Waals surface area contributed by atoms with Crippen LogP contribution >= 0.6 is 0 Å². The molecule has 0 aliphatic carbocycles. The fraction of sp³-hybridized carbons (Fsp3) is 0.540. The third-order valence-electron chi connectivity index (χ3n) is 8.23. The van der Waals surface area contributed by atoms with Crippen molar-refractivity contribution in [1.82, 2.24) is 0 Å². The zero-order valence-electron chi connectivity index (χ0n) is 35.3. The van der Waals surface area contributed by atoms with Gasteiger partial charge in [-0.05, 0) is 89.9 Å². The van der Waals surface area contributed by atoms with Crippen LogP contribution in [0.15, 0.2) is 122 Å². The quantitative estimate of drug-likeness (QED) is 0.0273. The molecular formula is C50H76O6. The second-order valence-corrected chi connectivity index (χ2v) is 13.5. The van der Waals surface area contributed by atoms with Gasteiger partial charge < -0.3 is 14.2 Å². The molecule has 0 amide bonds. The van der Waals surface area contributed by atoms with Crippen LogP contribution in [-0.2, 0) is 28.6 Å². The summed E-state index contributed by atoms with van der Waals surface area (Å²) in [6, 6.07) is 0. The van der Waals surface area contributed by atoms with Gasteiger partial charge in [0, 0.05) is 12.8 Å². The molecule has 0 aromatic heterocycles. The summed E-state index contributed by atoms with van der Waals surface area (Å²) < 4.78 is 16.4. The predicted molar refractivity (Wildman–Crippen MR) is 237 cm³/mol. The molecule has 0 spiro atoms. The maximum Gasteiger partial charge on any atom is 0.309 e. The lowest BCUT2D eigenvalue weighted by Crippen LogP contribution is -2.30. The molecule has 0 fully saturated rings. The Morgan fingerprint density at radius 2 is 0.804 bits per heavy atom. The first kappa shape index (κ1) is 51.8. The number of esters is 3. The average molecular weight is 773 g/mol. The van der Waals surface area contributed by atoms with Crippen molar-refractivity contribution in [2.45, 2.75) is 162 Å². The van der Waals surface area contributed by atoms with E-state index in [2.05, 4.69) is 118 Å². The Balaban J connectivity index is 4.55. The fourth-order valence-electron chi connectivity index (χ4n) is 5.04. The van der Waals surface area contributed by atoms with E-state index in [0.717, 1.165) is 96.3 Å². The van der Waals surface area contributed by atoms with Gasteiger partial charge in [0.1, 0.15) is 13.2 Å². The van der Waals surface area contributed by atoms with E-state index in [0.29, 0.717) is 6.42 Å². The minimum Gasteiger partial charge on any atom is -0.462 e. The molecule has 0 aliphatic heterocycles. The van der Waals surface area contributed by atoms with Gasteiger partial charge in [0.05, 0.1) is 6.42 Å². The van der Waals surface area contributed by atoms with Crippen LogP contribution in [0.4, 0.5) is 0 Å². The first-order chi connectivity index (χ1) is 27.5. The molecular weight excluding hydrogens is 697 g/mol. The Labute approximate surface area is 342 Å². The van der Waals surface area contributed by atoms with Gasteiger partial charge in [0.2, 0.25) is 0 Å². The second-order valence-electron chi connectivity index (χ2n) is 13.5. The van der Waals surface area contributed by atoms with Crippen molar-refractivity contribution >= 4 is 17.9 Å². The number of hydrogen-bond donors (Lipinski definition) is 0. The van der Waals surface area contributed by atoms with Crippen LogP contribution in [0.3, 0.4) is 0 Å². The topological polar surface area (TPSA) is 78.9 Å². The molecule has 0 bridgehead atoms. The van der Waals surface area contributed by atoms with E-state index in [-0.39, 0.29) is 44.4 Å². The van der Waals surface area contributed by atoms with Crippen LogP contribution in [0.1, 0.15) is 156 Å². The summed E-state index contributed by atoms with van der Waals surface area (Å²) >= 11 is 0. The van der Waals surface area contributed by atoms with Crippen LogP contribution in [-0.4, -0.2) is 37.2 Å². The maximum absolute atomic E-state index is 12.6. The zero-order chi connectivity index (χ0) is 40.8. The van der Waals surface area contributed by atoms with Crippen molar-refractivity contribution in [1.29, 1.82) is 0 Å². The van der Waals surface area contributed by atoms with E-state index >= 15 is 0 Å². The van der Waals surface area contributed by atoms with Gasteiger partial charge in [-0.3, -0.25) is 14.4 Å². The van der Waals surface area contributed by atoms with Gasteiger partial charge in [-0.2, -0.15) is 0 Å². The standard InChI is InChI=1S/C50H76O6/c1-4-7-10-13-16-19-21-22-23-24-25-26-27-28-29-32-34-37-40-43-49(52)55-46-47(45-54-48(51)42-39-36-33-30-18-15-12-9-6-3)56-50(53)44-41-38-35-31-20-17-14-11-8-5-2/h7,9-10,12,14,16-19,22-23,25-26,28-30,34,36-37,39,47H,4-6,8,11,13,15,20-21,24,27,31-33,35,38,40-46H2,1-3H3/b10-7-,12-9-,17-14-,19-16-,23-22-,26-25-,29-28-,30-18-,37-34-,39-36-. The summed E-state index contributed by atoms with van der Waals surface area (Å²) in [5.41, 5.74) is 0. The number of ether oxygens (including phenoxy) is 3. The molecule has 6 heteroatoms. The van der Waals surface area contributed by atoms with Gasteiger partial charge in [0.15, 0.2) is 6.10 Å². The molecule has 312 valence electrons. The van der Waals surface area contributed by atoms with Gasteiger partial charge in [-0.15, -0.1) is 0 Å². The Kier molecular flexibility index (Phi) is 40.3. The van der Waals surface area contributed by atoms with Crippen molar-refractivity contribution in [3.05, 3.63) is 122 Å². The Bertz CT molecular complexity index is 1260. The van der Waals surface area contributed by atoms with E-state index in [1.54, 1.807) is 6.08 Å². The highest BCUT2D eigenvalue weighted by Gasteiger charge is 2.19. The summed E-state index contributed by atoms with van der Waals surface area (Å²) in [7, 11) is 0. The smallest absolute Gasteiger partial charge is 0.309 e. The van der Waals surface area contributed by atoms with E-state index in [1.807, 2.05) is 18.2 Å². The van der Waals surface area contributed by atoms with Crippen molar-refractivity contribution < 1.29 is 28.6 Å². The van der Waals surface area contributed by atoms with Crippen LogP contribution < -0.4 is 0 Å². The van der Waals surface area contributed by atoms with E-state index in [9.17, 15) is 14.4 Å². The molecule has 0 aliphatic rings. The molecule has 0 aromatic rings. The summed E-state index contributed by atoms with van der Waals surface area (Å²) in [6.45, 7) is 6.14. The molecule has 0 saturated carbocycles. The summed E-state index contributed by atoms with van der Waals surface area (Å²) in [6.07, 6.45) is 59.5. The van der Waals surface area contributed by atoms with Gasteiger partial charge >= 0.3 is 17.9 Å². The molecule has 0 heterocycles. The number of unbranched alkanes of at least 4 members (excludes halogenated alkanes) is 6. The van der Waals surface area contributed by atoms with Crippen molar-refractivity contribution in [3.63, 3.8) is 0 Å². The van der Waals surface area contributed by atoms with Crippen LogP contribution in [0.25, 0.3) is 0 Å². The molecule has 1 atom stereocenters. The number of carbonyl (C=O) groups is 3. The van der Waals surface area contributed by atoms with Gasteiger partial charge in [-0.1, -0.05) is 168 Å². The highest BCUT2D eigenvalue weighted by atomic mass is 16.6. The molecule has 0 saturated heterocycles. The molecule has 0 N–H and O–H groups in total. The number of hydrogen-bond acceptors (Lipinski definition) is 6. The zero-order valence-corrected chi connectivity index (χ0v) is 35.3. The molecule has 0 rings (SSSR count). The minimum atomic E-state index is -0.849. The van der Waals surface area contributed by atoms with Crippen LogP contribution in [0.5, 0.6) is 0 Å². The van der Waals surface area contributed by atoms with Gasteiger partial charge in [-0.25, -0.2) is 0 Å². The van der Waals surface area contributed by atoms with E-state index in [4.69, 9.17) is 14.2 Å². The van der Waals surface area contributed by atoms with E-state index < -0.39 is 12.1 Å². The normalized spacial score (nSPS) is 13.3. The molecule has 56 heavy (non-hydrogen) atoms. The van der Waals surface area contributed by atoms with E-state index in [1.165, 1.54) is 12.8 Å². The van der Waals surface area contributed by atoms with Crippen LogP contribution in [0, 0.1) is 0 Å². The monoisotopic (exact) mass is 773 g/mol. The Morgan fingerprint density at radius 1 is 0.393 bits per heavy atom. The summed E-state index contributed by atoms with van der Waals surface area (Å²) in [4.78, 5) is 37.5. The molecule has 0 aromatic carbocycles. The second kappa shape index (κ2) is 43.5. The third-order valence-corrected chi connectivity index (χ3v) is 8.23. The lowest BCUT2D eigenvalue weighted by Gasteiger charge is -2.18. The Hall–Kier alpha value is -4.19. The van der Waals surface area contributed by atoms with Crippen molar-refractivity contribution in [2.24, 2.45) is 0 Å². The van der Waals surface area contributed by atoms with Gasteiger partial charge in [0.25, 0.3) is 0 Å². The first-order valence-corrected chi connectivity index (χ1v) is 21.5.